The number of carbonyl (C=O) groups excluding carboxylic acids is 2. The number of nitrogens with zero attached hydrogens (tertiary/aromatic N) is 2. The monoisotopic (exact) mass is 395 g/mol. The summed E-state index contributed by atoms with van der Waals surface area (Å²) in [4.78, 5) is 31.9. The third-order valence-electron chi connectivity index (χ3n) is 5.52. The zero-order valence-electron chi connectivity index (χ0n) is 17.3. The van der Waals surface area contributed by atoms with Gasteiger partial charge in [-0.05, 0) is 42.7 Å². The van der Waals surface area contributed by atoms with Crippen molar-refractivity contribution in [1.29, 1.82) is 0 Å². The van der Waals surface area contributed by atoms with Crippen molar-refractivity contribution in [2.24, 2.45) is 5.92 Å². The van der Waals surface area contributed by atoms with Gasteiger partial charge in [-0.15, -0.1) is 0 Å². The summed E-state index contributed by atoms with van der Waals surface area (Å²) in [7, 11) is 1.62. The fraction of sp³-hybridized carbons (Fsp3) is 0.435. The molecule has 1 saturated heterocycles. The molecule has 3 atom stereocenters. The van der Waals surface area contributed by atoms with Gasteiger partial charge >= 0.3 is 0 Å². The summed E-state index contributed by atoms with van der Waals surface area (Å²) >= 11 is 0. The highest BCUT2D eigenvalue weighted by Gasteiger charge is 2.44. The summed E-state index contributed by atoms with van der Waals surface area (Å²) in [6, 6.07) is 11.0. The van der Waals surface area contributed by atoms with Crippen molar-refractivity contribution in [1.82, 2.24) is 15.2 Å². The third-order valence-corrected chi connectivity index (χ3v) is 5.52. The van der Waals surface area contributed by atoms with E-state index in [1.54, 1.807) is 19.5 Å². The summed E-state index contributed by atoms with van der Waals surface area (Å²) in [6.45, 7) is 4.69. The molecule has 29 heavy (non-hydrogen) atoms. The molecule has 0 saturated carbocycles. The molecule has 1 aliphatic heterocycles. The molecule has 1 N–H and O–H groups in total. The van der Waals surface area contributed by atoms with Crippen molar-refractivity contribution in [2.45, 2.75) is 45.2 Å². The van der Waals surface area contributed by atoms with Gasteiger partial charge in [-0.1, -0.05) is 31.5 Å². The first-order valence-corrected chi connectivity index (χ1v) is 10.2. The Hall–Kier alpha value is -2.89. The average Bonchev–Trinajstić information content (AvgIpc) is 3.09. The number of pyridine rings is 1. The lowest BCUT2D eigenvalue weighted by molar-refractivity contribution is -0.129. The fourth-order valence-corrected chi connectivity index (χ4v) is 3.87. The van der Waals surface area contributed by atoms with E-state index in [-0.39, 0.29) is 30.3 Å². The van der Waals surface area contributed by atoms with Crippen molar-refractivity contribution in [3.63, 3.8) is 0 Å². The van der Waals surface area contributed by atoms with Crippen molar-refractivity contribution < 1.29 is 14.3 Å². The predicted octanol–water partition coefficient (Wildman–Crippen LogP) is 3.66. The highest BCUT2D eigenvalue weighted by atomic mass is 16.5. The van der Waals surface area contributed by atoms with Crippen LogP contribution in [-0.2, 0) is 9.59 Å². The highest BCUT2D eigenvalue weighted by Crippen LogP contribution is 2.39. The molecule has 2 aromatic rings. The van der Waals surface area contributed by atoms with E-state index in [9.17, 15) is 9.59 Å². The molecule has 3 rings (SSSR count). The summed E-state index contributed by atoms with van der Waals surface area (Å²) < 4.78 is 5.25. The van der Waals surface area contributed by atoms with E-state index >= 15 is 0 Å². The summed E-state index contributed by atoms with van der Waals surface area (Å²) in [5.41, 5.74) is 1.90. The van der Waals surface area contributed by atoms with Gasteiger partial charge in [0.05, 0.1) is 25.1 Å². The molecule has 154 valence electrons. The largest absolute Gasteiger partial charge is 0.497 e. The highest BCUT2D eigenvalue weighted by molar-refractivity contribution is 5.90. The van der Waals surface area contributed by atoms with Gasteiger partial charge in [0.25, 0.3) is 0 Å². The smallest absolute Gasteiger partial charge is 0.226 e. The summed E-state index contributed by atoms with van der Waals surface area (Å²) in [6.07, 6.45) is 5.59. The van der Waals surface area contributed by atoms with E-state index in [2.05, 4.69) is 17.2 Å². The topological polar surface area (TPSA) is 71.5 Å². The lowest BCUT2D eigenvalue weighted by Crippen LogP contribution is -2.37. The zero-order valence-corrected chi connectivity index (χ0v) is 17.3. The van der Waals surface area contributed by atoms with Gasteiger partial charge in [0, 0.05) is 25.4 Å². The molecule has 1 aromatic carbocycles. The second-order valence-corrected chi connectivity index (χ2v) is 7.49. The van der Waals surface area contributed by atoms with Crippen LogP contribution in [0.3, 0.4) is 0 Å². The molecule has 6 heteroatoms. The van der Waals surface area contributed by atoms with Crippen LogP contribution in [0, 0.1) is 5.92 Å². The molecule has 1 aliphatic rings. The van der Waals surface area contributed by atoms with Crippen LogP contribution < -0.4 is 10.1 Å². The standard InChI is InChI=1S/C23H29N3O3/c1-4-5-13-26-21(27)14-20(22(26)17-8-10-19(29-3)11-9-17)23(28)25-16(2)18-7-6-12-24-15-18/h6-12,15-16,20,22H,4-5,13-14H2,1-3H3,(H,25,28). The number of hydrogen-bond donors (Lipinski definition) is 1. The first-order chi connectivity index (χ1) is 14.0. The Morgan fingerprint density at radius 1 is 1.31 bits per heavy atom. The molecule has 0 bridgehead atoms. The Kier molecular flexibility index (Phi) is 6.86. The van der Waals surface area contributed by atoms with Crippen molar-refractivity contribution in [3.8, 4) is 5.75 Å². The number of amides is 2. The minimum atomic E-state index is -0.424. The molecule has 6 nitrogen and oxygen atoms in total. The van der Waals surface area contributed by atoms with Crippen LogP contribution in [0.25, 0.3) is 0 Å². The molecule has 0 spiro atoms. The number of ether oxygens (including phenoxy) is 1. The number of methoxy groups -OCH3 is 1. The van der Waals surface area contributed by atoms with Gasteiger partial charge in [-0.25, -0.2) is 0 Å². The van der Waals surface area contributed by atoms with E-state index in [0.29, 0.717) is 6.54 Å². The van der Waals surface area contributed by atoms with Crippen LogP contribution in [0.2, 0.25) is 0 Å². The van der Waals surface area contributed by atoms with Gasteiger partial charge in [-0.3, -0.25) is 14.6 Å². The van der Waals surface area contributed by atoms with Crippen molar-refractivity contribution >= 4 is 11.8 Å². The van der Waals surface area contributed by atoms with Crippen LogP contribution >= 0.6 is 0 Å². The zero-order chi connectivity index (χ0) is 20.8. The maximum Gasteiger partial charge on any atom is 0.226 e. The van der Waals surface area contributed by atoms with Crippen molar-refractivity contribution in [2.75, 3.05) is 13.7 Å². The molecule has 0 aliphatic carbocycles. The molecular weight excluding hydrogens is 366 g/mol. The van der Waals surface area contributed by atoms with E-state index in [0.717, 1.165) is 29.7 Å². The maximum atomic E-state index is 13.2. The molecule has 1 fully saturated rings. The Morgan fingerprint density at radius 2 is 2.07 bits per heavy atom. The maximum absolute atomic E-state index is 13.2. The number of nitrogens with one attached hydrogen (secondary N) is 1. The average molecular weight is 396 g/mol. The molecule has 2 heterocycles. The molecule has 2 amide bonds. The summed E-state index contributed by atoms with van der Waals surface area (Å²) in [5.74, 6) is 0.263. The van der Waals surface area contributed by atoms with Crippen LogP contribution in [0.5, 0.6) is 5.75 Å². The first-order valence-electron chi connectivity index (χ1n) is 10.2. The molecule has 3 unspecified atom stereocenters. The van der Waals surface area contributed by atoms with Gasteiger partial charge < -0.3 is 15.0 Å². The number of hydrogen-bond acceptors (Lipinski definition) is 4. The first kappa shape index (κ1) is 20.8. The molecular formula is C23H29N3O3. The van der Waals surface area contributed by atoms with Gasteiger partial charge in [-0.2, -0.15) is 0 Å². The fourth-order valence-electron chi connectivity index (χ4n) is 3.87. The van der Waals surface area contributed by atoms with Gasteiger partial charge in [0.2, 0.25) is 11.8 Å². The van der Waals surface area contributed by atoms with E-state index in [4.69, 9.17) is 4.74 Å². The van der Waals surface area contributed by atoms with Crippen LogP contribution in [-0.4, -0.2) is 35.4 Å². The lowest BCUT2D eigenvalue weighted by atomic mass is 9.92. The summed E-state index contributed by atoms with van der Waals surface area (Å²) in [5, 5.41) is 3.08. The molecule has 1 aromatic heterocycles. The van der Waals surface area contributed by atoms with Gasteiger partial charge in [0.15, 0.2) is 0 Å². The Balaban J connectivity index is 1.83. The number of benzene rings is 1. The Labute approximate surface area is 172 Å². The molecule has 0 radical (unpaired) electrons. The third kappa shape index (κ3) is 4.75. The van der Waals surface area contributed by atoms with Crippen LogP contribution in [0.4, 0.5) is 0 Å². The second-order valence-electron chi connectivity index (χ2n) is 7.49. The van der Waals surface area contributed by atoms with E-state index in [1.807, 2.05) is 48.2 Å². The lowest BCUT2D eigenvalue weighted by Gasteiger charge is -2.29. The minimum Gasteiger partial charge on any atom is -0.497 e. The van der Waals surface area contributed by atoms with Crippen LogP contribution in [0.15, 0.2) is 48.8 Å². The Morgan fingerprint density at radius 3 is 2.69 bits per heavy atom. The normalized spacial score (nSPS) is 19.8. The minimum absolute atomic E-state index is 0.0356. The van der Waals surface area contributed by atoms with Crippen molar-refractivity contribution in [3.05, 3.63) is 59.9 Å². The number of rotatable bonds is 8. The quantitative estimate of drug-likeness (QED) is 0.740. The number of likely N-dealkylation sites (tertiary alicyclic amines) is 1. The SMILES string of the molecule is CCCCN1C(=O)CC(C(=O)NC(C)c2cccnc2)C1c1ccc(OC)cc1. The number of unbranched alkanes of at least 4 members (excludes halogenated alkanes) is 1. The van der Waals surface area contributed by atoms with Gasteiger partial charge in [0.1, 0.15) is 5.75 Å². The van der Waals surface area contributed by atoms with E-state index in [1.165, 1.54) is 0 Å². The Bertz CT molecular complexity index is 823. The predicted molar refractivity (Wildman–Crippen MR) is 111 cm³/mol. The number of carbonyl (C=O) groups is 2. The number of aromatic nitrogens is 1. The second kappa shape index (κ2) is 9.54. The van der Waals surface area contributed by atoms with Crippen LogP contribution in [0.1, 0.15) is 56.3 Å². The van der Waals surface area contributed by atoms with E-state index < -0.39 is 5.92 Å².